The molecule has 1 aromatic rings. The summed E-state index contributed by atoms with van der Waals surface area (Å²) >= 11 is 0. The van der Waals surface area contributed by atoms with E-state index in [9.17, 15) is 4.79 Å². The van der Waals surface area contributed by atoms with Crippen molar-refractivity contribution < 1.29 is 42.8 Å². The number of carbonyl (C=O) groups excluding carboxylic acids is 1. The Morgan fingerprint density at radius 1 is 1.30 bits per heavy atom. The largest absolute Gasteiger partial charge is 1.00 e. The van der Waals surface area contributed by atoms with Gasteiger partial charge >= 0.3 is 5.91 Å². The van der Waals surface area contributed by atoms with Crippen molar-refractivity contribution in [3.63, 3.8) is 0 Å². The highest BCUT2D eigenvalue weighted by atomic mass is 127. The van der Waals surface area contributed by atoms with Crippen molar-refractivity contribution >= 4 is 11.7 Å². The number of hydrogen-bond donors (Lipinski definition) is 0. The Balaban J connectivity index is 0.00000361. The van der Waals surface area contributed by atoms with E-state index in [-0.39, 0.29) is 29.9 Å². The number of pyridine rings is 1. The van der Waals surface area contributed by atoms with E-state index >= 15 is 0 Å². The first-order chi connectivity index (χ1) is 9.10. The van der Waals surface area contributed by atoms with Crippen LogP contribution in [0.3, 0.4) is 0 Å². The number of aromatic nitrogens is 1. The molecule has 1 amide bonds. The van der Waals surface area contributed by atoms with Gasteiger partial charge in [-0.2, -0.15) is 4.90 Å². The maximum absolute atomic E-state index is 11.8. The molecule has 20 heavy (non-hydrogen) atoms. The number of carbonyl (C=O) groups is 1. The van der Waals surface area contributed by atoms with Crippen molar-refractivity contribution in [3.05, 3.63) is 24.4 Å². The summed E-state index contributed by atoms with van der Waals surface area (Å²) < 4.78 is 12.9. The lowest BCUT2D eigenvalue weighted by atomic mass is 10.3. The lowest BCUT2D eigenvalue weighted by Crippen LogP contribution is -3.00. The van der Waals surface area contributed by atoms with Crippen LogP contribution < -0.4 is 33.4 Å². The fraction of sp³-hybridized carbons (Fsp3) is 0.571. The van der Waals surface area contributed by atoms with Crippen molar-refractivity contribution in [1.82, 2.24) is 0 Å². The van der Waals surface area contributed by atoms with Crippen LogP contribution in [0.1, 0.15) is 20.8 Å². The van der Waals surface area contributed by atoms with E-state index in [4.69, 9.17) is 9.47 Å². The summed E-state index contributed by atoms with van der Waals surface area (Å²) in [5.74, 6) is 0.783. The minimum absolute atomic E-state index is 0. The summed E-state index contributed by atoms with van der Waals surface area (Å²) in [6, 6.07) is 5.72. The molecule has 0 saturated heterocycles. The van der Waals surface area contributed by atoms with Crippen LogP contribution in [0.15, 0.2) is 24.4 Å². The minimum Gasteiger partial charge on any atom is -1.00 e. The number of nitrogens with zero attached hydrogens (tertiary/aromatic N) is 2. The standard InChI is InChI=1S/C14H23N2O3.HI/c1-5-18-14(19-6-2)11-16(12(3)17)13-9-7-8-10-15(13)4;/h7-10,14H,5-6,11H2,1-4H3;1H/q+1;/p-1. The fourth-order valence-electron chi connectivity index (χ4n) is 1.85. The maximum atomic E-state index is 11.8. The van der Waals surface area contributed by atoms with Gasteiger partial charge < -0.3 is 33.5 Å². The van der Waals surface area contributed by atoms with Gasteiger partial charge in [0, 0.05) is 26.2 Å². The number of rotatable bonds is 7. The molecule has 1 heterocycles. The summed E-state index contributed by atoms with van der Waals surface area (Å²) in [5.41, 5.74) is 0. The third-order valence-corrected chi connectivity index (χ3v) is 2.72. The molecule has 6 heteroatoms. The molecule has 0 radical (unpaired) electrons. The van der Waals surface area contributed by atoms with Crippen molar-refractivity contribution in [3.8, 4) is 0 Å². The van der Waals surface area contributed by atoms with Gasteiger partial charge in [-0.05, 0) is 19.9 Å². The second-order valence-corrected chi connectivity index (χ2v) is 4.14. The van der Waals surface area contributed by atoms with Gasteiger partial charge in [-0.1, -0.05) is 6.07 Å². The zero-order valence-corrected chi connectivity index (χ0v) is 14.7. The smallest absolute Gasteiger partial charge is 0.306 e. The molecule has 0 aliphatic rings. The Kier molecular flexibility index (Phi) is 9.70. The molecule has 1 aromatic heterocycles. The van der Waals surface area contributed by atoms with Crippen LogP contribution >= 0.6 is 0 Å². The van der Waals surface area contributed by atoms with Gasteiger partial charge in [-0.15, -0.1) is 0 Å². The van der Waals surface area contributed by atoms with E-state index in [1.54, 1.807) is 11.8 Å². The van der Waals surface area contributed by atoms with Gasteiger partial charge in [0.1, 0.15) is 6.54 Å². The Morgan fingerprint density at radius 3 is 2.35 bits per heavy atom. The number of halogens is 1. The van der Waals surface area contributed by atoms with Crippen LogP contribution in [0.2, 0.25) is 0 Å². The SMILES string of the molecule is CCOC(CN(C(C)=O)c1cccc[n+]1C)OCC.[I-]. The van der Waals surface area contributed by atoms with E-state index < -0.39 is 6.29 Å². The molecule has 0 saturated carbocycles. The van der Waals surface area contributed by atoms with E-state index in [0.717, 1.165) is 5.82 Å². The second-order valence-electron chi connectivity index (χ2n) is 4.14. The number of amides is 1. The van der Waals surface area contributed by atoms with E-state index in [0.29, 0.717) is 19.8 Å². The lowest BCUT2D eigenvalue weighted by Gasteiger charge is -2.21. The van der Waals surface area contributed by atoms with Crippen LogP contribution in [-0.2, 0) is 21.3 Å². The van der Waals surface area contributed by atoms with Crippen molar-refractivity contribution in [1.29, 1.82) is 0 Å². The third kappa shape index (κ3) is 5.72. The number of hydrogen-bond acceptors (Lipinski definition) is 3. The first-order valence-electron chi connectivity index (χ1n) is 6.56. The average molecular weight is 394 g/mol. The van der Waals surface area contributed by atoms with Gasteiger partial charge in [0.05, 0.1) is 13.2 Å². The normalized spacial score (nSPS) is 10.2. The quantitative estimate of drug-likeness (QED) is 0.314. The van der Waals surface area contributed by atoms with E-state index in [2.05, 4.69) is 0 Å². The van der Waals surface area contributed by atoms with E-state index in [1.807, 2.05) is 49.9 Å². The fourth-order valence-corrected chi connectivity index (χ4v) is 1.85. The van der Waals surface area contributed by atoms with Crippen molar-refractivity contribution in [2.45, 2.75) is 27.1 Å². The number of ether oxygens (including phenoxy) is 2. The van der Waals surface area contributed by atoms with Gasteiger partial charge in [0.15, 0.2) is 6.29 Å². The van der Waals surface area contributed by atoms with Crippen LogP contribution in [0.4, 0.5) is 5.82 Å². The first-order valence-corrected chi connectivity index (χ1v) is 6.56. The zero-order chi connectivity index (χ0) is 14.3. The summed E-state index contributed by atoms with van der Waals surface area (Å²) in [6.45, 7) is 6.85. The molecule has 0 spiro atoms. The molecule has 114 valence electrons. The molecule has 1 rings (SSSR count). The molecule has 0 unspecified atom stereocenters. The summed E-state index contributed by atoms with van der Waals surface area (Å²) in [7, 11) is 1.90. The molecule has 0 atom stereocenters. The van der Waals surface area contributed by atoms with Gasteiger partial charge in [0.2, 0.25) is 0 Å². The molecule has 0 N–H and O–H groups in total. The monoisotopic (exact) mass is 394 g/mol. The van der Waals surface area contributed by atoms with E-state index in [1.165, 1.54) is 0 Å². The molecule has 0 bridgehead atoms. The predicted molar refractivity (Wildman–Crippen MR) is 72.7 cm³/mol. The molecule has 5 nitrogen and oxygen atoms in total. The first kappa shape index (κ1) is 19.3. The highest BCUT2D eigenvalue weighted by Crippen LogP contribution is 2.10. The summed E-state index contributed by atoms with van der Waals surface area (Å²) in [5, 5.41) is 0. The molecular weight excluding hydrogens is 371 g/mol. The molecule has 0 fully saturated rings. The van der Waals surface area contributed by atoms with Crippen molar-refractivity contribution in [2.24, 2.45) is 7.05 Å². The highest BCUT2D eigenvalue weighted by molar-refractivity contribution is 5.89. The molecule has 0 aliphatic carbocycles. The van der Waals surface area contributed by atoms with Gasteiger partial charge in [-0.25, -0.2) is 9.36 Å². The van der Waals surface area contributed by atoms with Crippen LogP contribution in [0.25, 0.3) is 0 Å². The Bertz CT molecular complexity index is 409. The van der Waals surface area contributed by atoms with Gasteiger partial charge in [0.25, 0.3) is 5.82 Å². The van der Waals surface area contributed by atoms with Crippen LogP contribution in [0.5, 0.6) is 0 Å². The van der Waals surface area contributed by atoms with Crippen LogP contribution in [0, 0.1) is 0 Å². The highest BCUT2D eigenvalue weighted by Gasteiger charge is 2.27. The Labute approximate surface area is 137 Å². The Hall–Kier alpha value is -0.730. The lowest BCUT2D eigenvalue weighted by molar-refractivity contribution is -0.658. The summed E-state index contributed by atoms with van der Waals surface area (Å²) in [6.07, 6.45) is 1.50. The Morgan fingerprint density at radius 2 is 1.90 bits per heavy atom. The predicted octanol–water partition coefficient (Wildman–Crippen LogP) is -1.73. The van der Waals surface area contributed by atoms with Gasteiger partial charge in [-0.3, -0.25) is 0 Å². The molecule has 0 aliphatic heterocycles. The maximum Gasteiger partial charge on any atom is 0.306 e. The summed E-state index contributed by atoms with van der Waals surface area (Å²) in [4.78, 5) is 13.5. The zero-order valence-electron chi connectivity index (χ0n) is 12.5. The second kappa shape index (κ2) is 10.1. The van der Waals surface area contributed by atoms with Crippen molar-refractivity contribution in [2.75, 3.05) is 24.7 Å². The van der Waals surface area contributed by atoms with Crippen LogP contribution in [-0.4, -0.2) is 32.0 Å². The minimum atomic E-state index is -0.404. The third-order valence-electron chi connectivity index (χ3n) is 2.72. The molecular formula is C14H23IN2O3. The topological polar surface area (TPSA) is 42.7 Å². The molecule has 0 aromatic carbocycles. The average Bonchev–Trinajstić information content (AvgIpc) is 2.37. The number of aryl methyl sites for hydroxylation is 1. The number of anilines is 1.